The van der Waals surface area contributed by atoms with Gasteiger partial charge in [0.05, 0.1) is 0 Å². The van der Waals surface area contributed by atoms with Crippen molar-refractivity contribution in [3.05, 3.63) is 13.8 Å². The zero-order chi connectivity index (χ0) is 6.83. The van der Waals surface area contributed by atoms with Crippen LogP contribution in [0.1, 0.15) is 39.5 Å². The predicted octanol–water partition coefficient (Wildman–Crippen LogP) is 2.04. The van der Waals surface area contributed by atoms with Crippen LogP contribution in [0.2, 0.25) is 0 Å². The van der Waals surface area contributed by atoms with Crippen molar-refractivity contribution in [2.24, 2.45) is 0 Å². The van der Waals surface area contributed by atoms with E-state index in [1.807, 2.05) is 0 Å². The van der Waals surface area contributed by atoms with Crippen LogP contribution in [0.4, 0.5) is 0 Å². The summed E-state index contributed by atoms with van der Waals surface area (Å²) in [7, 11) is 0. The van der Waals surface area contributed by atoms with Crippen molar-refractivity contribution in [1.82, 2.24) is 0 Å². The summed E-state index contributed by atoms with van der Waals surface area (Å²) in [6.07, 6.45) is 4.56. The van der Waals surface area contributed by atoms with Crippen molar-refractivity contribution in [2.75, 3.05) is 0 Å². The summed E-state index contributed by atoms with van der Waals surface area (Å²) in [6.45, 7) is 11.4. The Kier molecular flexibility index (Phi) is 74.2. The first-order valence-electron chi connectivity index (χ1n) is 3.41. The fraction of sp³-hybridized carbons (Fsp3) is 0.750. The normalized spacial score (nSPS) is 6.00. The van der Waals surface area contributed by atoms with Crippen LogP contribution in [0.3, 0.4) is 0 Å². The Labute approximate surface area is 82.9 Å². The van der Waals surface area contributed by atoms with Crippen LogP contribution in [0.5, 0.6) is 0 Å². The fourth-order valence-electron chi connectivity index (χ4n) is 0. The third kappa shape index (κ3) is 69.3. The summed E-state index contributed by atoms with van der Waals surface area (Å²) < 4.78 is 0. The van der Waals surface area contributed by atoms with E-state index in [9.17, 15) is 0 Å². The molecule has 0 fully saturated rings. The summed E-state index contributed by atoms with van der Waals surface area (Å²) in [5.74, 6) is 0. The van der Waals surface area contributed by atoms with E-state index in [0.29, 0.717) is 0 Å². The molecule has 0 rings (SSSR count). The molecule has 0 saturated heterocycles. The molecule has 0 aliphatic rings. The van der Waals surface area contributed by atoms with Crippen molar-refractivity contribution in [1.29, 1.82) is 0 Å². The molecule has 10 heavy (non-hydrogen) atoms. The number of rotatable bonds is 2. The van der Waals surface area contributed by atoms with Crippen LogP contribution in [-0.2, 0) is 0 Å². The largest absolute Gasteiger partial charge is 0.412 e. The van der Waals surface area contributed by atoms with Crippen molar-refractivity contribution in [2.45, 2.75) is 39.5 Å². The molecule has 0 amide bonds. The summed E-state index contributed by atoms with van der Waals surface area (Å²) in [5, 5.41) is 0. The molecule has 0 bridgehead atoms. The number of hydrogen-bond donors (Lipinski definition) is 0. The minimum atomic E-state index is 0. The van der Waals surface area contributed by atoms with Gasteiger partial charge < -0.3 is 5.48 Å². The average Bonchev–Trinajstić information content (AvgIpc) is 1.88. The first kappa shape index (κ1) is 22.4. The molecule has 0 aliphatic heterocycles. The van der Waals surface area contributed by atoms with Gasteiger partial charge in [0, 0.05) is 23.9 Å². The molecule has 0 atom stereocenters. The molecular weight excluding hydrogens is 231 g/mol. The van der Waals surface area contributed by atoms with Crippen LogP contribution in [-0.4, -0.2) is 29.4 Å². The maximum atomic E-state index is 3.60. The van der Waals surface area contributed by atoms with E-state index in [2.05, 4.69) is 27.7 Å². The molecule has 0 heterocycles. The molecule has 0 aliphatic carbocycles. The standard InChI is InChI=1S/2C4H9.H2O.Sn/c2*1-3-4-2;;/h2*1,3-4H2,2H3;1H2;. The Morgan fingerprint density at radius 3 is 1.00 bits per heavy atom. The van der Waals surface area contributed by atoms with Crippen LogP contribution >= 0.6 is 0 Å². The van der Waals surface area contributed by atoms with Crippen molar-refractivity contribution in [3.8, 4) is 0 Å². The van der Waals surface area contributed by atoms with Crippen LogP contribution < -0.4 is 0 Å². The van der Waals surface area contributed by atoms with Gasteiger partial charge in [-0.2, -0.15) is 0 Å². The van der Waals surface area contributed by atoms with Crippen molar-refractivity contribution >= 4 is 23.9 Å². The summed E-state index contributed by atoms with van der Waals surface area (Å²) in [5.41, 5.74) is 0. The first-order chi connectivity index (χ1) is 3.83. The van der Waals surface area contributed by atoms with Crippen molar-refractivity contribution in [3.63, 3.8) is 0 Å². The van der Waals surface area contributed by atoms with Gasteiger partial charge in [-0.1, -0.05) is 53.4 Å². The van der Waals surface area contributed by atoms with E-state index in [1.165, 1.54) is 12.8 Å². The number of unbranched alkanes of at least 4 members (excludes halogenated alkanes) is 2. The van der Waals surface area contributed by atoms with Gasteiger partial charge in [-0.3, -0.25) is 0 Å². The van der Waals surface area contributed by atoms with Gasteiger partial charge in [-0.25, -0.2) is 0 Å². The molecule has 62 valence electrons. The summed E-state index contributed by atoms with van der Waals surface area (Å²) in [4.78, 5) is 0. The maximum absolute atomic E-state index is 3.60. The van der Waals surface area contributed by atoms with Gasteiger partial charge >= 0.3 is 0 Å². The smallest absolute Gasteiger partial charge is 0 e. The van der Waals surface area contributed by atoms with Gasteiger partial charge in [0.15, 0.2) is 0 Å². The van der Waals surface area contributed by atoms with E-state index in [4.69, 9.17) is 0 Å². The Morgan fingerprint density at radius 2 is 1.00 bits per heavy atom. The van der Waals surface area contributed by atoms with Crippen LogP contribution in [0.15, 0.2) is 0 Å². The maximum Gasteiger partial charge on any atom is 0 e. The monoisotopic (exact) mass is 252 g/mol. The molecule has 0 aromatic carbocycles. The molecule has 6 radical (unpaired) electrons. The zero-order valence-corrected chi connectivity index (χ0v) is 10.1. The van der Waals surface area contributed by atoms with Gasteiger partial charge in [-0.15, -0.1) is 0 Å². The first-order valence-corrected chi connectivity index (χ1v) is 3.41. The molecule has 0 aromatic heterocycles. The van der Waals surface area contributed by atoms with Gasteiger partial charge in [0.2, 0.25) is 0 Å². The number of hydrogen-bond acceptors (Lipinski definition) is 0. The Balaban J connectivity index is -0.0000000300. The second-order valence-corrected chi connectivity index (χ2v) is 1.71. The quantitative estimate of drug-likeness (QED) is 0.672. The predicted molar refractivity (Wildman–Crippen MR) is 49.9 cm³/mol. The van der Waals surface area contributed by atoms with E-state index >= 15 is 0 Å². The topological polar surface area (TPSA) is 31.5 Å². The van der Waals surface area contributed by atoms with Gasteiger partial charge in [0.25, 0.3) is 0 Å². The summed E-state index contributed by atoms with van der Waals surface area (Å²) in [6, 6.07) is 0. The second kappa shape index (κ2) is 33.1. The third-order valence-electron chi connectivity index (χ3n) is 0.707. The average molecular weight is 251 g/mol. The second-order valence-electron chi connectivity index (χ2n) is 1.71. The van der Waals surface area contributed by atoms with Gasteiger partial charge in [0.1, 0.15) is 0 Å². The molecule has 1 nitrogen and oxygen atoms in total. The molecule has 0 aromatic rings. The van der Waals surface area contributed by atoms with E-state index in [-0.39, 0.29) is 29.4 Å². The molecular formula is C8H20OSn. The van der Waals surface area contributed by atoms with Crippen LogP contribution in [0, 0.1) is 13.8 Å². The van der Waals surface area contributed by atoms with Gasteiger partial charge in [-0.05, 0) is 0 Å². The SMILES string of the molecule is O.[CH2]CCC.[CH2]CCC.[Sn]. The fourth-order valence-corrected chi connectivity index (χ4v) is 0. The minimum Gasteiger partial charge on any atom is -0.412 e. The Hall–Kier alpha value is 0.759. The molecule has 2 N–H and O–H groups in total. The molecule has 0 unspecified atom stereocenters. The molecule has 0 spiro atoms. The van der Waals surface area contributed by atoms with E-state index < -0.39 is 0 Å². The third-order valence-corrected chi connectivity index (χ3v) is 0.707. The summed E-state index contributed by atoms with van der Waals surface area (Å²) >= 11 is 0. The minimum absolute atomic E-state index is 0. The zero-order valence-electron chi connectivity index (χ0n) is 7.24. The molecule has 2 heteroatoms. The van der Waals surface area contributed by atoms with Crippen LogP contribution in [0.25, 0.3) is 0 Å². The Bertz CT molecular complexity index is 17.2. The van der Waals surface area contributed by atoms with E-state index in [1.54, 1.807) is 0 Å². The Morgan fingerprint density at radius 1 is 0.900 bits per heavy atom. The van der Waals surface area contributed by atoms with Crippen molar-refractivity contribution < 1.29 is 5.48 Å². The molecule has 0 saturated carbocycles. The van der Waals surface area contributed by atoms with E-state index in [0.717, 1.165) is 12.8 Å².